The van der Waals surface area contributed by atoms with Crippen LogP contribution in [0.5, 0.6) is 5.75 Å². The lowest BCUT2D eigenvalue weighted by Gasteiger charge is -2.40. The molecule has 3 fully saturated rings. The molecule has 3 aliphatic rings. The largest absolute Gasteiger partial charge is 0.494 e. The van der Waals surface area contributed by atoms with E-state index in [2.05, 4.69) is 45.9 Å². The van der Waals surface area contributed by atoms with Gasteiger partial charge in [-0.1, -0.05) is 51.1 Å². The minimum atomic E-state index is -0.775. The first-order valence-electron chi connectivity index (χ1n) is 22.1. The van der Waals surface area contributed by atoms with E-state index >= 15 is 0 Å². The van der Waals surface area contributed by atoms with Crippen molar-refractivity contribution in [3.63, 3.8) is 0 Å². The molecule has 0 aliphatic carbocycles. The monoisotopic (exact) mass is 886 g/mol. The Balaban J connectivity index is 0.817. The Bertz CT molecular complexity index is 2460. The van der Waals surface area contributed by atoms with E-state index in [0.29, 0.717) is 42.3 Å². The van der Waals surface area contributed by atoms with Gasteiger partial charge in [-0.2, -0.15) is 5.10 Å². The molecule has 15 nitrogen and oxygen atoms in total. The quantitative estimate of drug-likeness (QED) is 0.105. The molecule has 0 bridgehead atoms. The van der Waals surface area contributed by atoms with Gasteiger partial charge in [0, 0.05) is 50.7 Å². The van der Waals surface area contributed by atoms with Gasteiger partial charge in [-0.3, -0.25) is 29.2 Å². The van der Waals surface area contributed by atoms with Crippen LogP contribution in [-0.2, 0) is 20.9 Å². The number of hydrogen-bond donors (Lipinski definition) is 4. The molecule has 336 valence electrons. The van der Waals surface area contributed by atoms with Crippen molar-refractivity contribution in [2.45, 2.75) is 78.4 Å². The van der Waals surface area contributed by atoms with Crippen LogP contribution in [0.1, 0.15) is 74.6 Å². The summed E-state index contributed by atoms with van der Waals surface area (Å²) in [6.07, 6.45) is 5.97. The molecule has 3 aromatic heterocycles. The van der Waals surface area contributed by atoms with Crippen molar-refractivity contribution in [3.05, 3.63) is 95.4 Å². The van der Waals surface area contributed by atoms with Gasteiger partial charge in [-0.05, 0) is 97.9 Å². The molecule has 2 atom stereocenters. The van der Waals surface area contributed by atoms with E-state index in [0.717, 1.165) is 79.2 Å². The third-order valence-electron chi connectivity index (χ3n) is 12.9. The lowest BCUT2D eigenvalue weighted by atomic mass is 9.77. The van der Waals surface area contributed by atoms with Crippen molar-refractivity contribution in [3.8, 4) is 27.6 Å². The minimum Gasteiger partial charge on any atom is -0.494 e. The van der Waals surface area contributed by atoms with Crippen molar-refractivity contribution in [2.24, 2.45) is 10.8 Å². The molecule has 4 N–H and O–H groups in total. The molecule has 0 saturated carbocycles. The van der Waals surface area contributed by atoms with Gasteiger partial charge >= 0.3 is 0 Å². The number of rotatable bonds is 13. The summed E-state index contributed by atoms with van der Waals surface area (Å²) in [6.45, 7) is 12.2. The van der Waals surface area contributed by atoms with Crippen LogP contribution in [0.3, 0.4) is 0 Å². The Labute approximate surface area is 378 Å². The Hall–Kier alpha value is -6.13. The van der Waals surface area contributed by atoms with E-state index in [1.165, 1.54) is 0 Å². The number of methoxy groups -OCH3 is 1. The van der Waals surface area contributed by atoms with Crippen molar-refractivity contribution >= 4 is 46.3 Å². The fourth-order valence-electron chi connectivity index (χ4n) is 9.27. The number of pyridine rings is 1. The Morgan fingerprint density at radius 2 is 1.75 bits per heavy atom. The fraction of sp³-hybridized carbons (Fsp3) is 0.438. The Morgan fingerprint density at radius 3 is 2.45 bits per heavy atom. The molecule has 6 heterocycles. The number of aromatic amines is 1. The predicted molar refractivity (Wildman–Crippen MR) is 248 cm³/mol. The van der Waals surface area contributed by atoms with Crippen LogP contribution in [0.15, 0.2) is 78.4 Å². The number of nitrogens with one attached hydrogen (secondary N) is 4. The second-order valence-corrected chi connectivity index (χ2v) is 19.2. The maximum absolute atomic E-state index is 14.2. The summed E-state index contributed by atoms with van der Waals surface area (Å²) in [5.74, 6) is -0.361. The van der Waals surface area contributed by atoms with Crippen molar-refractivity contribution in [2.75, 3.05) is 56.6 Å². The number of likely N-dealkylation sites (tertiary alicyclic amines) is 2. The molecular formula is C48H58N10O5S. The summed E-state index contributed by atoms with van der Waals surface area (Å²) in [7, 11) is 1.59. The lowest BCUT2D eigenvalue weighted by molar-refractivity contribution is -0.144. The number of ether oxygens (including phenoxy) is 1. The van der Waals surface area contributed by atoms with E-state index in [4.69, 9.17) is 4.74 Å². The minimum absolute atomic E-state index is 0.101. The van der Waals surface area contributed by atoms with E-state index in [9.17, 15) is 19.2 Å². The number of hydrogen-bond acceptors (Lipinski definition) is 11. The highest BCUT2D eigenvalue weighted by atomic mass is 32.1. The number of carbonyl (C=O) groups is 4. The average Bonchev–Trinajstić information content (AvgIpc) is 4.14. The van der Waals surface area contributed by atoms with Gasteiger partial charge in [0.15, 0.2) is 0 Å². The number of amides is 4. The van der Waals surface area contributed by atoms with Gasteiger partial charge < -0.3 is 30.5 Å². The first kappa shape index (κ1) is 44.5. The summed E-state index contributed by atoms with van der Waals surface area (Å²) < 4.78 is 5.72. The third-order valence-corrected chi connectivity index (χ3v) is 13.9. The first-order chi connectivity index (χ1) is 30.8. The zero-order valence-corrected chi connectivity index (χ0v) is 38.1. The van der Waals surface area contributed by atoms with Crippen LogP contribution < -0.4 is 25.6 Å². The van der Waals surface area contributed by atoms with Crippen molar-refractivity contribution in [1.82, 2.24) is 40.6 Å². The average molecular weight is 887 g/mol. The van der Waals surface area contributed by atoms with E-state index < -0.39 is 17.5 Å². The summed E-state index contributed by atoms with van der Waals surface area (Å²) in [5.41, 5.74) is 7.54. The SMILES string of the molecule is COc1cc(N2CCC3(CCN(CC(=O)N[C@H](C(=O)N4CCC[C@H]4C(=O)NCc4ccc(-c5scnc5C)cc4)C(C)(C)C)C3)CC2)ccc1NC(=O)c1cccc(-c2cc[nH]n2)n1. The zero-order chi connectivity index (χ0) is 45.0. The topological polar surface area (TPSA) is 178 Å². The summed E-state index contributed by atoms with van der Waals surface area (Å²) in [6, 6.07) is 19.6. The van der Waals surface area contributed by atoms with Crippen LogP contribution in [0, 0.1) is 17.8 Å². The second-order valence-electron chi connectivity index (χ2n) is 18.4. The molecule has 5 aromatic rings. The normalized spacial score (nSPS) is 17.9. The molecule has 8 rings (SSSR count). The highest BCUT2D eigenvalue weighted by Crippen LogP contribution is 2.42. The van der Waals surface area contributed by atoms with Crippen LogP contribution >= 0.6 is 11.3 Å². The maximum atomic E-state index is 14.2. The Kier molecular flexibility index (Phi) is 13.1. The van der Waals surface area contributed by atoms with Crippen molar-refractivity contribution in [1.29, 1.82) is 0 Å². The maximum Gasteiger partial charge on any atom is 0.274 e. The lowest BCUT2D eigenvalue weighted by Crippen LogP contribution is -2.58. The van der Waals surface area contributed by atoms with E-state index in [-0.39, 0.29) is 41.3 Å². The molecule has 16 heteroatoms. The molecule has 3 aliphatic heterocycles. The highest BCUT2D eigenvalue weighted by Gasteiger charge is 2.44. The molecular weight excluding hydrogens is 829 g/mol. The molecule has 2 aromatic carbocycles. The van der Waals surface area contributed by atoms with Crippen LogP contribution in [0.25, 0.3) is 21.8 Å². The number of aromatic nitrogens is 4. The molecule has 64 heavy (non-hydrogen) atoms. The summed E-state index contributed by atoms with van der Waals surface area (Å²) in [4.78, 5) is 70.9. The number of aryl methyl sites for hydroxylation is 1. The number of anilines is 2. The number of thiazole rings is 1. The third kappa shape index (κ3) is 9.97. The molecule has 0 radical (unpaired) electrons. The zero-order valence-electron chi connectivity index (χ0n) is 37.3. The van der Waals surface area contributed by atoms with Gasteiger partial charge in [-0.25, -0.2) is 9.97 Å². The predicted octanol–water partition coefficient (Wildman–Crippen LogP) is 6.30. The number of benzene rings is 2. The molecule has 1 spiro atoms. The number of carbonyl (C=O) groups excluding carboxylic acids is 4. The smallest absolute Gasteiger partial charge is 0.274 e. The van der Waals surface area contributed by atoms with Crippen LogP contribution in [0.4, 0.5) is 11.4 Å². The molecule has 3 saturated heterocycles. The van der Waals surface area contributed by atoms with Crippen LogP contribution in [0.2, 0.25) is 0 Å². The summed E-state index contributed by atoms with van der Waals surface area (Å²) in [5, 5.41) is 16.0. The van der Waals surface area contributed by atoms with E-state index in [1.807, 2.05) is 75.7 Å². The van der Waals surface area contributed by atoms with Gasteiger partial charge in [-0.15, -0.1) is 11.3 Å². The van der Waals surface area contributed by atoms with Gasteiger partial charge in [0.2, 0.25) is 17.7 Å². The van der Waals surface area contributed by atoms with Gasteiger partial charge in [0.05, 0.1) is 41.1 Å². The first-order valence-corrected chi connectivity index (χ1v) is 23.0. The number of H-pyrrole nitrogens is 1. The molecule has 4 amide bonds. The Morgan fingerprint density at radius 1 is 0.969 bits per heavy atom. The van der Waals surface area contributed by atoms with Crippen LogP contribution in [-0.4, -0.2) is 112 Å². The number of nitrogens with zero attached hydrogens (tertiary/aromatic N) is 6. The standard InChI is InChI=1S/C48H58N10O5S/c1-31-42(64-30-50-31)33-13-11-32(12-14-33)27-49-45(61)39-10-7-22-58(39)46(62)43(47(2,3)4)54-41(59)28-56-23-18-48(29-56)19-24-57(25-20-48)34-15-16-37(40(26-34)63-5)53-44(60)38-9-6-8-35(52-38)36-17-21-51-55-36/h6,8-9,11-17,21,26,30,39,43H,7,10,18-20,22-25,27-29H2,1-5H3,(H,49,61)(H,51,55)(H,53,60)(H,54,59)/t39-,43+/m0/s1. The fourth-order valence-corrected chi connectivity index (χ4v) is 10.1. The van der Waals surface area contributed by atoms with E-state index in [1.54, 1.807) is 53.8 Å². The second kappa shape index (κ2) is 18.9. The number of piperidine rings is 1. The molecule has 0 unspecified atom stereocenters. The van der Waals surface area contributed by atoms with Gasteiger partial charge in [0.25, 0.3) is 5.91 Å². The van der Waals surface area contributed by atoms with Gasteiger partial charge in [0.1, 0.15) is 29.2 Å². The highest BCUT2D eigenvalue weighted by molar-refractivity contribution is 7.13. The van der Waals surface area contributed by atoms with Crippen molar-refractivity contribution < 1.29 is 23.9 Å². The summed E-state index contributed by atoms with van der Waals surface area (Å²) >= 11 is 1.61.